The van der Waals surface area contributed by atoms with Crippen LogP contribution in [0.3, 0.4) is 0 Å². The second-order valence-electron chi connectivity index (χ2n) is 9.35. The van der Waals surface area contributed by atoms with E-state index in [0.29, 0.717) is 12.6 Å². The standard InChI is InChI=1S/C28H36N2O3/c1-3-33-28-17-24-21(16-27(28)31-2)10-13-30(19-20-11-14-32-15-12-20)26(24)9-8-22-18-29-25-7-5-4-6-23(22)25/h4-7,16-18,20,26,29H,3,8-15,19H2,1-2H3. The predicted molar refractivity (Wildman–Crippen MR) is 132 cm³/mol. The van der Waals surface area contributed by atoms with Crippen molar-refractivity contribution in [3.63, 3.8) is 0 Å². The molecule has 1 saturated heterocycles. The van der Waals surface area contributed by atoms with Gasteiger partial charge in [-0.15, -0.1) is 0 Å². The first-order valence-electron chi connectivity index (χ1n) is 12.5. The van der Waals surface area contributed by atoms with Gasteiger partial charge in [-0.1, -0.05) is 18.2 Å². The topological polar surface area (TPSA) is 46.7 Å². The molecule has 2 aliphatic rings. The van der Waals surface area contributed by atoms with Gasteiger partial charge >= 0.3 is 0 Å². The van der Waals surface area contributed by atoms with E-state index in [0.717, 1.165) is 63.0 Å². The zero-order valence-corrected chi connectivity index (χ0v) is 19.9. The molecule has 1 aromatic heterocycles. The van der Waals surface area contributed by atoms with E-state index in [2.05, 4.69) is 52.5 Å². The third kappa shape index (κ3) is 4.75. The molecule has 0 radical (unpaired) electrons. The van der Waals surface area contributed by atoms with Crippen molar-refractivity contribution in [2.24, 2.45) is 5.92 Å². The first-order chi connectivity index (χ1) is 16.3. The predicted octanol–water partition coefficient (Wildman–Crippen LogP) is 5.53. The van der Waals surface area contributed by atoms with E-state index in [-0.39, 0.29) is 0 Å². The number of aryl methyl sites for hydroxylation is 1. The third-order valence-corrected chi connectivity index (χ3v) is 7.39. The Labute approximate surface area is 197 Å². The Morgan fingerprint density at radius 1 is 1.12 bits per heavy atom. The van der Waals surface area contributed by atoms with Crippen molar-refractivity contribution in [2.45, 2.75) is 45.1 Å². The fraction of sp³-hybridized carbons (Fsp3) is 0.500. The van der Waals surface area contributed by atoms with E-state index in [1.165, 1.54) is 40.4 Å². The summed E-state index contributed by atoms with van der Waals surface area (Å²) in [4.78, 5) is 6.18. The van der Waals surface area contributed by atoms with Gasteiger partial charge in [0.2, 0.25) is 0 Å². The van der Waals surface area contributed by atoms with Crippen LogP contribution in [0.15, 0.2) is 42.6 Å². The molecule has 1 N–H and O–H groups in total. The summed E-state index contributed by atoms with van der Waals surface area (Å²) in [6.45, 7) is 6.73. The number of nitrogens with one attached hydrogen (secondary N) is 1. The quantitative estimate of drug-likeness (QED) is 0.492. The van der Waals surface area contributed by atoms with Gasteiger partial charge in [-0.2, -0.15) is 0 Å². The van der Waals surface area contributed by atoms with Gasteiger partial charge in [0.15, 0.2) is 11.5 Å². The number of methoxy groups -OCH3 is 1. The van der Waals surface area contributed by atoms with Gasteiger partial charge < -0.3 is 19.2 Å². The SMILES string of the molecule is CCOc1cc2c(cc1OC)CCN(CC1CCOCC1)C2CCc1c[nH]c2ccccc12. The normalized spacial score (nSPS) is 19.5. The number of fused-ring (bicyclic) bond motifs is 2. The maximum Gasteiger partial charge on any atom is 0.161 e. The van der Waals surface area contributed by atoms with Crippen LogP contribution in [-0.4, -0.2) is 49.9 Å². The number of aromatic nitrogens is 1. The molecule has 1 unspecified atom stereocenters. The monoisotopic (exact) mass is 448 g/mol. The maximum atomic E-state index is 5.97. The molecule has 0 amide bonds. The zero-order chi connectivity index (χ0) is 22.6. The molecule has 0 aliphatic carbocycles. The number of aromatic amines is 1. The Morgan fingerprint density at radius 2 is 1.97 bits per heavy atom. The lowest BCUT2D eigenvalue weighted by atomic mass is 9.87. The summed E-state index contributed by atoms with van der Waals surface area (Å²) in [5.41, 5.74) is 5.45. The minimum atomic E-state index is 0.385. The van der Waals surface area contributed by atoms with E-state index >= 15 is 0 Å². The molecule has 5 heteroatoms. The summed E-state index contributed by atoms with van der Waals surface area (Å²) < 4.78 is 17.3. The van der Waals surface area contributed by atoms with Gasteiger partial charge in [0.05, 0.1) is 13.7 Å². The molecule has 176 valence electrons. The number of rotatable bonds is 8. The van der Waals surface area contributed by atoms with Gasteiger partial charge in [0, 0.05) is 49.4 Å². The number of hydrogen-bond donors (Lipinski definition) is 1. The molecule has 5 rings (SSSR count). The first-order valence-corrected chi connectivity index (χ1v) is 12.5. The van der Waals surface area contributed by atoms with Crippen molar-refractivity contribution in [2.75, 3.05) is 40.0 Å². The van der Waals surface area contributed by atoms with E-state index in [1.54, 1.807) is 7.11 Å². The second kappa shape index (κ2) is 10.2. The van der Waals surface area contributed by atoms with Crippen molar-refractivity contribution in [1.82, 2.24) is 9.88 Å². The molecular weight excluding hydrogens is 412 g/mol. The second-order valence-corrected chi connectivity index (χ2v) is 9.35. The largest absolute Gasteiger partial charge is 0.493 e. The van der Waals surface area contributed by atoms with Crippen LogP contribution in [0.1, 0.15) is 48.9 Å². The molecule has 3 heterocycles. The van der Waals surface area contributed by atoms with Crippen LogP contribution in [-0.2, 0) is 17.6 Å². The van der Waals surface area contributed by atoms with E-state index in [9.17, 15) is 0 Å². The molecule has 1 fully saturated rings. The molecule has 3 aromatic rings. The van der Waals surface area contributed by atoms with Gasteiger partial charge in [-0.05, 0) is 79.8 Å². The molecule has 0 bridgehead atoms. The Hall–Kier alpha value is -2.50. The van der Waals surface area contributed by atoms with Gasteiger partial charge in [-0.25, -0.2) is 0 Å². The van der Waals surface area contributed by atoms with Crippen molar-refractivity contribution < 1.29 is 14.2 Å². The minimum absolute atomic E-state index is 0.385. The Bertz CT molecular complexity index is 1070. The van der Waals surface area contributed by atoms with Crippen LogP contribution in [0.25, 0.3) is 10.9 Å². The highest BCUT2D eigenvalue weighted by atomic mass is 16.5. The zero-order valence-electron chi connectivity index (χ0n) is 19.9. The number of benzene rings is 2. The molecule has 33 heavy (non-hydrogen) atoms. The van der Waals surface area contributed by atoms with Crippen LogP contribution in [0, 0.1) is 5.92 Å². The van der Waals surface area contributed by atoms with Crippen molar-refractivity contribution >= 4 is 10.9 Å². The number of para-hydroxylation sites is 1. The van der Waals surface area contributed by atoms with Gasteiger partial charge in [0.25, 0.3) is 0 Å². The maximum absolute atomic E-state index is 5.97. The molecular formula is C28H36N2O3. The fourth-order valence-electron chi connectivity index (χ4n) is 5.64. The minimum Gasteiger partial charge on any atom is -0.493 e. The first kappa shape index (κ1) is 22.3. The van der Waals surface area contributed by atoms with Crippen LogP contribution < -0.4 is 9.47 Å². The Morgan fingerprint density at radius 3 is 2.79 bits per heavy atom. The average Bonchev–Trinajstić information content (AvgIpc) is 3.27. The lowest BCUT2D eigenvalue weighted by Gasteiger charge is -2.40. The molecule has 2 aromatic carbocycles. The van der Waals surface area contributed by atoms with Crippen LogP contribution in [0.5, 0.6) is 11.5 Å². The smallest absolute Gasteiger partial charge is 0.161 e. The van der Waals surface area contributed by atoms with Crippen molar-refractivity contribution in [3.05, 3.63) is 59.3 Å². The highest BCUT2D eigenvalue weighted by Crippen LogP contribution is 2.41. The number of hydrogen-bond acceptors (Lipinski definition) is 4. The lowest BCUT2D eigenvalue weighted by molar-refractivity contribution is 0.0423. The molecule has 0 spiro atoms. The molecule has 0 saturated carbocycles. The summed E-state index contributed by atoms with van der Waals surface area (Å²) in [5, 5.41) is 1.34. The van der Waals surface area contributed by atoms with E-state index < -0.39 is 0 Å². The highest BCUT2D eigenvalue weighted by molar-refractivity contribution is 5.83. The summed E-state index contributed by atoms with van der Waals surface area (Å²) in [6, 6.07) is 13.5. The van der Waals surface area contributed by atoms with Crippen molar-refractivity contribution in [3.8, 4) is 11.5 Å². The highest BCUT2D eigenvalue weighted by Gasteiger charge is 2.31. The summed E-state index contributed by atoms with van der Waals surface area (Å²) >= 11 is 0. The van der Waals surface area contributed by atoms with Crippen LogP contribution in [0.2, 0.25) is 0 Å². The molecule has 2 aliphatic heterocycles. The fourth-order valence-corrected chi connectivity index (χ4v) is 5.64. The van der Waals surface area contributed by atoms with Crippen LogP contribution in [0.4, 0.5) is 0 Å². The number of ether oxygens (including phenoxy) is 3. The Kier molecular flexibility index (Phi) is 6.88. The average molecular weight is 449 g/mol. The number of H-pyrrole nitrogens is 1. The Balaban J connectivity index is 1.44. The van der Waals surface area contributed by atoms with Gasteiger partial charge in [-0.3, -0.25) is 4.90 Å². The third-order valence-electron chi connectivity index (χ3n) is 7.39. The number of nitrogens with zero attached hydrogens (tertiary/aromatic N) is 1. The van der Waals surface area contributed by atoms with E-state index in [1.807, 2.05) is 6.92 Å². The van der Waals surface area contributed by atoms with Gasteiger partial charge in [0.1, 0.15) is 0 Å². The molecule has 5 nitrogen and oxygen atoms in total. The molecule has 1 atom stereocenters. The summed E-state index contributed by atoms with van der Waals surface area (Å²) in [5.74, 6) is 2.44. The summed E-state index contributed by atoms with van der Waals surface area (Å²) in [7, 11) is 1.74. The van der Waals surface area contributed by atoms with E-state index in [4.69, 9.17) is 14.2 Å². The van der Waals surface area contributed by atoms with Crippen LogP contribution >= 0.6 is 0 Å². The lowest BCUT2D eigenvalue weighted by Crippen LogP contribution is -2.40. The summed E-state index contributed by atoms with van der Waals surface area (Å²) in [6.07, 6.45) is 7.74. The van der Waals surface area contributed by atoms with Crippen molar-refractivity contribution in [1.29, 1.82) is 0 Å².